The monoisotopic (exact) mass is 366 g/mol. The summed E-state index contributed by atoms with van der Waals surface area (Å²) >= 11 is 1.86. The van der Waals surface area contributed by atoms with Crippen molar-refractivity contribution >= 4 is 22.9 Å². The SMILES string of the molecule is CCCCNC(=O)c1cccc2c1NC(c1ccc(C)s1)C1CC=CC21. The highest BCUT2D eigenvalue weighted by atomic mass is 32.1. The molecule has 0 spiro atoms. The van der Waals surface area contributed by atoms with E-state index in [4.69, 9.17) is 0 Å². The minimum Gasteiger partial charge on any atom is -0.376 e. The fraction of sp³-hybridized carbons (Fsp3) is 0.409. The lowest BCUT2D eigenvalue weighted by Crippen LogP contribution is -2.32. The predicted octanol–water partition coefficient (Wildman–Crippen LogP) is 5.41. The highest BCUT2D eigenvalue weighted by Crippen LogP contribution is 2.51. The van der Waals surface area contributed by atoms with Crippen molar-refractivity contribution in [1.82, 2.24) is 5.32 Å². The summed E-state index contributed by atoms with van der Waals surface area (Å²) in [5.74, 6) is 0.949. The Bertz CT molecular complexity index is 838. The molecule has 2 N–H and O–H groups in total. The van der Waals surface area contributed by atoms with E-state index in [0.29, 0.717) is 11.8 Å². The summed E-state index contributed by atoms with van der Waals surface area (Å²) in [4.78, 5) is 15.5. The van der Waals surface area contributed by atoms with Crippen molar-refractivity contribution in [2.45, 2.75) is 45.1 Å². The number of carbonyl (C=O) groups excluding carboxylic acids is 1. The molecule has 3 nitrogen and oxygen atoms in total. The van der Waals surface area contributed by atoms with Crippen molar-refractivity contribution in [2.75, 3.05) is 11.9 Å². The summed E-state index contributed by atoms with van der Waals surface area (Å²) in [5, 5.41) is 6.82. The van der Waals surface area contributed by atoms with E-state index in [1.165, 1.54) is 15.3 Å². The third-order valence-corrected chi connectivity index (χ3v) is 6.61. The minimum absolute atomic E-state index is 0.0318. The number of hydrogen-bond donors (Lipinski definition) is 2. The third kappa shape index (κ3) is 3.07. The van der Waals surface area contributed by atoms with Crippen LogP contribution in [0.3, 0.4) is 0 Å². The van der Waals surface area contributed by atoms with Crippen LogP contribution in [0.4, 0.5) is 5.69 Å². The molecule has 4 rings (SSSR count). The Hall–Kier alpha value is -2.07. The summed E-state index contributed by atoms with van der Waals surface area (Å²) in [5.41, 5.74) is 3.05. The van der Waals surface area contributed by atoms with E-state index in [9.17, 15) is 4.79 Å². The van der Waals surface area contributed by atoms with E-state index < -0.39 is 0 Å². The molecule has 3 atom stereocenters. The van der Waals surface area contributed by atoms with Crippen LogP contribution in [0.2, 0.25) is 0 Å². The molecule has 1 amide bonds. The second-order valence-corrected chi connectivity index (χ2v) is 8.62. The molecular weight excluding hydrogens is 340 g/mol. The second-order valence-electron chi connectivity index (χ2n) is 7.30. The molecule has 1 aromatic heterocycles. The van der Waals surface area contributed by atoms with Crippen molar-refractivity contribution in [3.05, 3.63) is 63.4 Å². The summed E-state index contributed by atoms with van der Waals surface area (Å²) in [6, 6.07) is 10.8. The van der Waals surface area contributed by atoms with Gasteiger partial charge >= 0.3 is 0 Å². The number of hydrogen-bond acceptors (Lipinski definition) is 3. The quantitative estimate of drug-likeness (QED) is 0.548. The number of anilines is 1. The summed E-state index contributed by atoms with van der Waals surface area (Å²) < 4.78 is 0. The van der Waals surface area contributed by atoms with Crippen LogP contribution >= 0.6 is 11.3 Å². The van der Waals surface area contributed by atoms with Gasteiger partial charge in [-0.2, -0.15) is 0 Å². The van der Waals surface area contributed by atoms with Gasteiger partial charge in [-0.1, -0.05) is 37.6 Å². The zero-order chi connectivity index (χ0) is 18.1. The maximum Gasteiger partial charge on any atom is 0.253 e. The number of benzene rings is 1. The molecule has 0 bridgehead atoms. The molecule has 2 aliphatic rings. The molecule has 0 fully saturated rings. The first-order chi connectivity index (χ1) is 12.7. The lowest BCUT2D eigenvalue weighted by molar-refractivity contribution is 0.0953. The van der Waals surface area contributed by atoms with Gasteiger partial charge in [0, 0.05) is 22.2 Å². The van der Waals surface area contributed by atoms with Crippen LogP contribution < -0.4 is 10.6 Å². The van der Waals surface area contributed by atoms with Gasteiger partial charge in [-0.3, -0.25) is 4.79 Å². The van der Waals surface area contributed by atoms with Crippen LogP contribution in [0.5, 0.6) is 0 Å². The molecule has 2 heterocycles. The Balaban J connectivity index is 1.70. The Kier molecular flexibility index (Phi) is 4.86. The smallest absolute Gasteiger partial charge is 0.253 e. The van der Waals surface area contributed by atoms with Crippen LogP contribution in [0.25, 0.3) is 0 Å². The highest BCUT2D eigenvalue weighted by Gasteiger charge is 2.39. The largest absolute Gasteiger partial charge is 0.376 e. The van der Waals surface area contributed by atoms with Crippen molar-refractivity contribution < 1.29 is 4.79 Å². The van der Waals surface area contributed by atoms with E-state index in [1.54, 1.807) is 0 Å². The number of thiophene rings is 1. The number of para-hydroxylation sites is 1. The highest BCUT2D eigenvalue weighted by molar-refractivity contribution is 7.12. The number of unbranched alkanes of at least 4 members (excludes halogenated alkanes) is 1. The molecule has 0 saturated heterocycles. The van der Waals surface area contributed by atoms with Gasteiger partial charge in [0.2, 0.25) is 0 Å². The summed E-state index contributed by atoms with van der Waals surface area (Å²) in [6.45, 7) is 5.03. The minimum atomic E-state index is 0.0318. The Labute approximate surface area is 159 Å². The van der Waals surface area contributed by atoms with Crippen LogP contribution in [0.1, 0.15) is 63.8 Å². The molecule has 1 aliphatic carbocycles. The molecule has 3 unspecified atom stereocenters. The van der Waals surface area contributed by atoms with E-state index in [2.05, 4.69) is 54.8 Å². The van der Waals surface area contributed by atoms with Crippen LogP contribution in [0.15, 0.2) is 42.5 Å². The molecule has 0 saturated carbocycles. The molecule has 26 heavy (non-hydrogen) atoms. The van der Waals surface area contributed by atoms with E-state index in [-0.39, 0.29) is 11.9 Å². The first-order valence-electron chi connectivity index (χ1n) is 9.59. The molecule has 1 aliphatic heterocycles. The molecule has 4 heteroatoms. The van der Waals surface area contributed by atoms with Gasteiger partial charge in [0.05, 0.1) is 17.3 Å². The van der Waals surface area contributed by atoms with Crippen molar-refractivity contribution in [3.8, 4) is 0 Å². The maximum absolute atomic E-state index is 12.8. The van der Waals surface area contributed by atoms with Gasteiger partial charge in [-0.05, 0) is 49.4 Å². The molecule has 0 radical (unpaired) electrons. The Morgan fingerprint density at radius 1 is 1.31 bits per heavy atom. The van der Waals surface area contributed by atoms with Gasteiger partial charge in [-0.15, -0.1) is 11.3 Å². The first-order valence-corrected chi connectivity index (χ1v) is 10.4. The van der Waals surface area contributed by atoms with E-state index >= 15 is 0 Å². The topological polar surface area (TPSA) is 41.1 Å². The number of rotatable bonds is 5. The van der Waals surface area contributed by atoms with Gasteiger partial charge in [0.15, 0.2) is 0 Å². The maximum atomic E-state index is 12.8. The average molecular weight is 367 g/mol. The zero-order valence-corrected chi connectivity index (χ0v) is 16.2. The first kappa shape index (κ1) is 17.3. The van der Waals surface area contributed by atoms with Crippen LogP contribution in [-0.2, 0) is 0 Å². The fourth-order valence-corrected chi connectivity index (χ4v) is 5.19. The zero-order valence-electron chi connectivity index (χ0n) is 15.4. The predicted molar refractivity (Wildman–Crippen MR) is 109 cm³/mol. The number of amides is 1. The Morgan fingerprint density at radius 2 is 2.19 bits per heavy atom. The van der Waals surface area contributed by atoms with E-state index in [0.717, 1.165) is 37.1 Å². The Morgan fingerprint density at radius 3 is 2.96 bits per heavy atom. The number of allylic oxidation sites excluding steroid dienone is 2. The summed E-state index contributed by atoms with van der Waals surface area (Å²) in [6.07, 6.45) is 7.81. The van der Waals surface area contributed by atoms with Gasteiger partial charge in [0.25, 0.3) is 5.91 Å². The van der Waals surface area contributed by atoms with Crippen molar-refractivity contribution in [2.24, 2.45) is 5.92 Å². The fourth-order valence-electron chi connectivity index (χ4n) is 4.19. The number of carbonyl (C=O) groups is 1. The second kappa shape index (κ2) is 7.28. The molecule has 2 aromatic rings. The van der Waals surface area contributed by atoms with Crippen LogP contribution in [0, 0.1) is 12.8 Å². The standard InChI is InChI=1S/C22H26N2OS/c1-3-4-13-23-22(25)18-10-6-8-16-15-7-5-9-17(15)21(24-20(16)18)19-12-11-14(2)26-19/h5-8,10-12,15,17,21,24H,3-4,9,13H2,1-2H3,(H,23,25). The molecule has 136 valence electrons. The summed E-state index contributed by atoms with van der Waals surface area (Å²) in [7, 11) is 0. The van der Waals surface area contributed by atoms with Crippen molar-refractivity contribution in [1.29, 1.82) is 0 Å². The third-order valence-electron chi connectivity index (χ3n) is 5.52. The average Bonchev–Trinajstić information content (AvgIpc) is 3.30. The normalized spacial score (nSPS) is 23.2. The van der Waals surface area contributed by atoms with Gasteiger partial charge in [-0.25, -0.2) is 0 Å². The van der Waals surface area contributed by atoms with Gasteiger partial charge in [0.1, 0.15) is 0 Å². The molecular formula is C22H26N2OS. The van der Waals surface area contributed by atoms with Gasteiger partial charge < -0.3 is 10.6 Å². The number of nitrogens with one attached hydrogen (secondary N) is 2. The lowest BCUT2D eigenvalue weighted by Gasteiger charge is -2.37. The van der Waals surface area contributed by atoms with Crippen LogP contribution in [-0.4, -0.2) is 12.5 Å². The number of fused-ring (bicyclic) bond motifs is 3. The van der Waals surface area contributed by atoms with E-state index in [1.807, 2.05) is 23.5 Å². The van der Waals surface area contributed by atoms with Crippen molar-refractivity contribution in [3.63, 3.8) is 0 Å². The number of aryl methyl sites for hydroxylation is 1. The lowest BCUT2D eigenvalue weighted by atomic mass is 9.78. The molecule has 1 aromatic carbocycles.